The molecular formula is C7H13NO4. The van der Waals surface area contributed by atoms with Crippen LogP contribution < -0.4 is 5.73 Å². The summed E-state index contributed by atoms with van der Waals surface area (Å²) >= 11 is 0. The average Bonchev–Trinajstić information content (AvgIpc) is 2.55. The summed E-state index contributed by atoms with van der Waals surface area (Å²) in [5, 5.41) is 0. The third-order valence-corrected chi connectivity index (χ3v) is 1.64. The number of hydrogen-bond acceptors (Lipinski definition) is 5. The van der Waals surface area contributed by atoms with Crippen molar-refractivity contribution in [3.63, 3.8) is 0 Å². The Morgan fingerprint density at radius 2 is 2.25 bits per heavy atom. The first-order chi connectivity index (χ1) is 5.74. The first-order valence-corrected chi connectivity index (χ1v) is 3.80. The van der Waals surface area contributed by atoms with Crippen molar-refractivity contribution in [1.82, 2.24) is 0 Å². The van der Waals surface area contributed by atoms with E-state index in [1.807, 2.05) is 0 Å². The van der Waals surface area contributed by atoms with Gasteiger partial charge >= 0.3 is 5.97 Å². The third kappa shape index (κ3) is 2.44. The molecule has 1 unspecified atom stereocenters. The Balaban J connectivity index is 2.24. The highest BCUT2D eigenvalue weighted by atomic mass is 16.7. The van der Waals surface area contributed by atoms with E-state index in [0.717, 1.165) is 0 Å². The van der Waals surface area contributed by atoms with Gasteiger partial charge in [-0.05, 0) is 0 Å². The normalized spacial score (nSPS) is 20.8. The quantitative estimate of drug-likeness (QED) is 0.571. The fourth-order valence-corrected chi connectivity index (χ4v) is 0.998. The van der Waals surface area contributed by atoms with Gasteiger partial charge in [0.1, 0.15) is 6.04 Å². The average molecular weight is 175 g/mol. The van der Waals surface area contributed by atoms with Crippen LogP contribution >= 0.6 is 0 Å². The number of methoxy groups -OCH3 is 1. The van der Waals surface area contributed by atoms with Crippen molar-refractivity contribution >= 4 is 5.97 Å². The zero-order chi connectivity index (χ0) is 8.97. The number of carbonyl (C=O) groups excluding carboxylic acids is 1. The van der Waals surface area contributed by atoms with E-state index in [1.54, 1.807) is 0 Å². The standard InChI is InChI=1S/C7H13NO4/c1-10-7(9)5(8)4-6-11-2-3-12-6/h5-6H,2-4,8H2,1H3. The van der Waals surface area contributed by atoms with Gasteiger partial charge in [-0.15, -0.1) is 0 Å². The summed E-state index contributed by atoms with van der Waals surface area (Å²) in [5.41, 5.74) is 5.47. The summed E-state index contributed by atoms with van der Waals surface area (Å²) in [6, 6.07) is -0.655. The Morgan fingerprint density at radius 3 is 2.75 bits per heavy atom. The summed E-state index contributed by atoms with van der Waals surface area (Å²) in [5.74, 6) is -0.436. The lowest BCUT2D eigenvalue weighted by Gasteiger charge is -2.12. The molecule has 1 aliphatic heterocycles. The maximum Gasteiger partial charge on any atom is 0.322 e. The summed E-state index contributed by atoms with van der Waals surface area (Å²) in [7, 11) is 1.30. The maximum absolute atomic E-state index is 10.8. The van der Waals surface area contributed by atoms with Gasteiger partial charge in [-0.2, -0.15) is 0 Å². The largest absolute Gasteiger partial charge is 0.468 e. The molecule has 0 bridgehead atoms. The van der Waals surface area contributed by atoms with Gasteiger partial charge < -0.3 is 19.9 Å². The molecule has 0 spiro atoms. The molecule has 0 aromatic carbocycles. The predicted molar refractivity (Wildman–Crippen MR) is 40.3 cm³/mol. The minimum atomic E-state index is -0.655. The Morgan fingerprint density at radius 1 is 1.67 bits per heavy atom. The first-order valence-electron chi connectivity index (χ1n) is 3.80. The van der Waals surface area contributed by atoms with Gasteiger partial charge in [0.25, 0.3) is 0 Å². The van der Waals surface area contributed by atoms with Gasteiger partial charge in [-0.3, -0.25) is 4.79 Å². The molecule has 1 aliphatic rings. The van der Waals surface area contributed by atoms with Crippen molar-refractivity contribution in [1.29, 1.82) is 0 Å². The van der Waals surface area contributed by atoms with Crippen molar-refractivity contribution in [2.24, 2.45) is 5.73 Å². The van der Waals surface area contributed by atoms with E-state index in [0.29, 0.717) is 19.6 Å². The van der Waals surface area contributed by atoms with Crippen molar-refractivity contribution in [3.8, 4) is 0 Å². The molecule has 0 saturated carbocycles. The smallest absolute Gasteiger partial charge is 0.322 e. The zero-order valence-electron chi connectivity index (χ0n) is 6.99. The van der Waals surface area contributed by atoms with Crippen LogP contribution in [0.15, 0.2) is 0 Å². The molecule has 0 aromatic rings. The highest BCUT2D eigenvalue weighted by Crippen LogP contribution is 2.09. The molecule has 1 fully saturated rings. The topological polar surface area (TPSA) is 70.8 Å². The van der Waals surface area contributed by atoms with Crippen molar-refractivity contribution in [3.05, 3.63) is 0 Å². The molecule has 1 atom stereocenters. The van der Waals surface area contributed by atoms with E-state index in [4.69, 9.17) is 15.2 Å². The lowest BCUT2D eigenvalue weighted by atomic mass is 10.2. The molecule has 0 radical (unpaired) electrons. The van der Waals surface area contributed by atoms with Gasteiger partial charge in [0.2, 0.25) is 0 Å². The second-order valence-electron chi connectivity index (χ2n) is 2.54. The van der Waals surface area contributed by atoms with E-state index < -0.39 is 12.0 Å². The molecule has 1 heterocycles. The van der Waals surface area contributed by atoms with Gasteiger partial charge in [-0.25, -0.2) is 0 Å². The Bertz CT molecular complexity index is 155. The number of ether oxygens (including phenoxy) is 3. The summed E-state index contributed by atoms with van der Waals surface area (Å²) in [4.78, 5) is 10.8. The lowest BCUT2D eigenvalue weighted by molar-refractivity contribution is -0.145. The molecule has 12 heavy (non-hydrogen) atoms. The third-order valence-electron chi connectivity index (χ3n) is 1.64. The SMILES string of the molecule is COC(=O)C(N)CC1OCCO1. The van der Waals surface area contributed by atoms with Crippen molar-refractivity contribution < 1.29 is 19.0 Å². The number of esters is 1. The Labute approximate surface area is 70.8 Å². The van der Waals surface area contributed by atoms with Gasteiger partial charge in [0, 0.05) is 6.42 Å². The van der Waals surface area contributed by atoms with Gasteiger partial charge in [0.15, 0.2) is 6.29 Å². The lowest BCUT2D eigenvalue weighted by Crippen LogP contribution is -2.35. The van der Waals surface area contributed by atoms with Crippen LogP contribution in [0.3, 0.4) is 0 Å². The molecule has 5 heteroatoms. The Hall–Kier alpha value is -0.650. The highest BCUT2D eigenvalue weighted by molar-refractivity contribution is 5.75. The van der Waals surface area contributed by atoms with E-state index in [1.165, 1.54) is 7.11 Å². The molecule has 0 aliphatic carbocycles. The number of rotatable bonds is 3. The minimum absolute atomic E-state index is 0.348. The summed E-state index contributed by atoms with van der Waals surface area (Å²) < 4.78 is 14.7. The summed E-state index contributed by atoms with van der Waals surface area (Å²) in [6.07, 6.45) is 0.00579. The van der Waals surface area contributed by atoms with Gasteiger partial charge in [0.05, 0.1) is 20.3 Å². The van der Waals surface area contributed by atoms with Crippen molar-refractivity contribution in [2.45, 2.75) is 18.8 Å². The minimum Gasteiger partial charge on any atom is -0.468 e. The molecular weight excluding hydrogens is 162 g/mol. The maximum atomic E-state index is 10.8. The van der Waals surface area contributed by atoms with Crippen molar-refractivity contribution in [2.75, 3.05) is 20.3 Å². The van der Waals surface area contributed by atoms with E-state index in [-0.39, 0.29) is 6.29 Å². The van der Waals surface area contributed by atoms with Crippen LogP contribution in [-0.2, 0) is 19.0 Å². The molecule has 1 rings (SSSR count). The number of carbonyl (C=O) groups is 1. The van der Waals surface area contributed by atoms with Crippen LogP contribution in [0.5, 0.6) is 0 Å². The van der Waals surface area contributed by atoms with Crippen LogP contribution in [-0.4, -0.2) is 38.6 Å². The number of hydrogen-bond donors (Lipinski definition) is 1. The Kier molecular flexibility index (Phi) is 3.46. The molecule has 0 aromatic heterocycles. The van der Waals surface area contributed by atoms with Crippen LogP contribution in [0.1, 0.15) is 6.42 Å². The van der Waals surface area contributed by atoms with Crippen LogP contribution in [0.25, 0.3) is 0 Å². The highest BCUT2D eigenvalue weighted by Gasteiger charge is 2.23. The second-order valence-corrected chi connectivity index (χ2v) is 2.54. The molecule has 2 N–H and O–H groups in total. The number of nitrogens with two attached hydrogens (primary N) is 1. The molecule has 5 nitrogen and oxygen atoms in total. The fourth-order valence-electron chi connectivity index (χ4n) is 0.998. The fraction of sp³-hybridized carbons (Fsp3) is 0.857. The first kappa shape index (κ1) is 9.44. The van der Waals surface area contributed by atoms with Crippen LogP contribution in [0.2, 0.25) is 0 Å². The monoisotopic (exact) mass is 175 g/mol. The van der Waals surface area contributed by atoms with E-state index in [9.17, 15) is 4.79 Å². The molecule has 0 amide bonds. The van der Waals surface area contributed by atoms with E-state index in [2.05, 4.69) is 4.74 Å². The molecule has 1 saturated heterocycles. The summed E-state index contributed by atoms with van der Waals surface area (Å²) in [6.45, 7) is 1.14. The molecule has 70 valence electrons. The second kappa shape index (κ2) is 4.39. The van der Waals surface area contributed by atoms with Gasteiger partial charge in [-0.1, -0.05) is 0 Å². The van der Waals surface area contributed by atoms with Crippen LogP contribution in [0.4, 0.5) is 0 Å². The zero-order valence-corrected chi connectivity index (χ0v) is 6.99. The van der Waals surface area contributed by atoms with E-state index >= 15 is 0 Å². The van der Waals surface area contributed by atoms with Crippen LogP contribution in [0, 0.1) is 0 Å². The predicted octanol–water partition coefficient (Wildman–Crippen LogP) is -0.750.